The zero-order chi connectivity index (χ0) is 22.7. The molecule has 4 atom stereocenters. The number of esters is 3. The summed E-state index contributed by atoms with van der Waals surface area (Å²) in [5, 5.41) is 0.603. The van der Waals surface area contributed by atoms with Gasteiger partial charge < -0.3 is 18.9 Å². The highest BCUT2D eigenvalue weighted by atomic mass is 35.5. The van der Waals surface area contributed by atoms with Gasteiger partial charge in [0.2, 0.25) is 0 Å². The molecule has 0 N–H and O–H groups in total. The molecule has 0 amide bonds. The van der Waals surface area contributed by atoms with Crippen LogP contribution in [-0.2, 0) is 33.3 Å². The monoisotopic (exact) mass is 472 g/mol. The lowest BCUT2D eigenvalue weighted by molar-refractivity contribution is -0.166. The van der Waals surface area contributed by atoms with Gasteiger partial charge >= 0.3 is 17.9 Å². The quantitative estimate of drug-likeness (QED) is 0.192. The van der Waals surface area contributed by atoms with Crippen LogP contribution in [0.1, 0.15) is 33.9 Å². The van der Waals surface area contributed by atoms with E-state index in [1.54, 1.807) is 0 Å². The third kappa shape index (κ3) is 5.25. The molecule has 0 radical (unpaired) electrons. The van der Waals surface area contributed by atoms with E-state index < -0.39 is 42.4 Å². The zero-order valence-corrected chi connectivity index (χ0v) is 18.8. The molecule has 0 spiro atoms. The Balaban J connectivity index is 2.05. The van der Waals surface area contributed by atoms with Crippen molar-refractivity contribution in [2.45, 2.75) is 57.4 Å². The minimum atomic E-state index is -1.05. The van der Waals surface area contributed by atoms with Gasteiger partial charge in [-0.3, -0.25) is 19.0 Å². The number of fused-ring (bicyclic) bond motifs is 1. The van der Waals surface area contributed by atoms with Crippen molar-refractivity contribution >= 4 is 52.4 Å². The lowest BCUT2D eigenvalue weighted by Crippen LogP contribution is -2.40. The second-order valence-electron chi connectivity index (χ2n) is 6.57. The van der Waals surface area contributed by atoms with Crippen LogP contribution in [0.2, 0.25) is 5.15 Å². The van der Waals surface area contributed by atoms with Crippen molar-refractivity contribution in [3.05, 3.63) is 11.5 Å². The first-order valence-electron chi connectivity index (χ1n) is 9.37. The van der Waals surface area contributed by atoms with Crippen LogP contribution in [-0.4, -0.2) is 68.1 Å². The van der Waals surface area contributed by atoms with Crippen molar-refractivity contribution in [3.63, 3.8) is 0 Å². The number of rotatable bonds is 7. The van der Waals surface area contributed by atoms with Gasteiger partial charge in [-0.25, -0.2) is 15.0 Å². The Kier molecular flexibility index (Phi) is 7.34. The van der Waals surface area contributed by atoms with Crippen LogP contribution >= 0.6 is 23.4 Å². The Morgan fingerprint density at radius 1 is 1.13 bits per heavy atom. The molecule has 0 bridgehead atoms. The highest BCUT2D eigenvalue weighted by Gasteiger charge is 2.51. The lowest BCUT2D eigenvalue weighted by Gasteiger charge is -2.23. The number of thioether (sulfide) groups is 1. The van der Waals surface area contributed by atoms with Crippen molar-refractivity contribution < 1.29 is 33.3 Å². The van der Waals surface area contributed by atoms with Crippen molar-refractivity contribution in [1.82, 2.24) is 19.5 Å². The molecule has 0 aromatic carbocycles. The minimum Gasteiger partial charge on any atom is -0.463 e. The summed E-state index contributed by atoms with van der Waals surface area (Å²) in [6, 6.07) is 0. The summed E-state index contributed by atoms with van der Waals surface area (Å²) in [5.41, 5.74) is 0.688. The minimum absolute atomic E-state index is 0.162. The first-order valence-corrected chi connectivity index (χ1v) is 10.7. The fraction of sp³-hybridized carbons (Fsp3) is 0.556. The van der Waals surface area contributed by atoms with Gasteiger partial charge in [0.05, 0.1) is 6.33 Å². The predicted octanol–water partition coefficient (Wildman–Crippen LogP) is 1.92. The van der Waals surface area contributed by atoms with Crippen molar-refractivity contribution in [1.29, 1.82) is 0 Å². The summed E-state index contributed by atoms with van der Waals surface area (Å²) in [7, 11) is 0. The molecule has 1 saturated heterocycles. The second kappa shape index (κ2) is 9.79. The summed E-state index contributed by atoms with van der Waals surface area (Å²) in [6.45, 7) is 5.42. The first kappa shape index (κ1) is 23.2. The molecule has 0 unspecified atom stereocenters. The Labute approximate surface area is 186 Å². The highest BCUT2D eigenvalue weighted by molar-refractivity contribution is 7.99. The van der Waals surface area contributed by atoms with Crippen molar-refractivity contribution in [2.24, 2.45) is 0 Å². The Morgan fingerprint density at radius 2 is 1.81 bits per heavy atom. The summed E-state index contributed by atoms with van der Waals surface area (Å²) in [4.78, 5) is 47.7. The van der Waals surface area contributed by atoms with Crippen molar-refractivity contribution in [3.8, 4) is 0 Å². The van der Waals surface area contributed by atoms with E-state index in [1.165, 1.54) is 43.4 Å². The molecule has 31 heavy (non-hydrogen) atoms. The topological polar surface area (TPSA) is 132 Å². The number of ether oxygens (including phenoxy) is 4. The van der Waals surface area contributed by atoms with Crippen LogP contribution in [0.5, 0.6) is 0 Å². The van der Waals surface area contributed by atoms with E-state index in [0.717, 1.165) is 5.75 Å². The molecule has 3 heterocycles. The molecular formula is C18H21ClN4O7S. The lowest BCUT2D eigenvalue weighted by atomic mass is 10.1. The average molecular weight is 473 g/mol. The molecular weight excluding hydrogens is 452 g/mol. The smallest absolute Gasteiger partial charge is 0.303 e. The number of carbonyl (C=O) groups is 3. The largest absolute Gasteiger partial charge is 0.463 e. The van der Waals surface area contributed by atoms with Gasteiger partial charge in [0.15, 0.2) is 34.4 Å². The van der Waals surface area contributed by atoms with Crippen LogP contribution in [0, 0.1) is 0 Å². The third-order valence-electron chi connectivity index (χ3n) is 4.25. The molecule has 2 aromatic heterocycles. The van der Waals surface area contributed by atoms with E-state index in [-0.39, 0.29) is 11.8 Å². The summed E-state index contributed by atoms with van der Waals surface area (Å²) >= 11 is 7.65. The summed E-state index contributed by atoms with van der Waals surface area (Å²) < 4.78 is 23.4. The molecule has 1 aliphatic heterocycles. The number of halogens is 1. The van der Waals surface area contributed by atoms with E-state index in [9.17, 15) is 14.4 Å². The van der Waals surface area contributed by atoms with Gasteiger partial charge in [-0.15, -0.1) is 0 Å². The predicted molar refractivity (Wildman–Crippen MR) is 108 cm³/mol. The van der Waals surface area contributed by atoms with Crippen LogP contribution in [0.3, 0.4) is 0 Å². The molecule has 1 fully saturated rings. The van der Waals surface area contributed by atoms with E-state index in [0.29, 0.717) is 16.3 Å². The Bertz CT molecular complexity index is 1000. The Hall–Kier alpha value is -2.44. The van der Waals surface area contributed by atoms with E-state index in [1.807, 2.05) is 6.92 Å². The number of nitrogens with zero attached hydrogens (tertiary/aromatic N) is 4. The molecule has 0 aliphatic carbocycles. The SMILES string of the molecule is CCSc1nc(Cl)c2ncn([C@@H]3O[C@H](COC(C)=O)[C@@H](OC(C)=O)[C@H]3OC(C)=O)c2n1. The molecule has 3 rings (SSSR count). The second-order valence-corrected chi connectivity index (χ2v) is 8.16. The number of hydrogen-bond donors (Lipinski definition) is 0. The van der Waals surface area contributed by atoms with E-state index >= 15 is 0 Å². The number of carbonyl (C=O) groups excluding carboxylic acids is 3. The van der Waals surface area contributed by atoms with Gasteiger partial charge in [-0.2, -0.15) is 0 Å². The van der Waals surface area contributed by atoms with Crippen LogP contribution < -0.4 is 0 Å². The van der Waals surface area contributed by atoms with Crippen LogP contribution in [0.4, 0.5) is 0 Å². The third-order valence-corrected chi connectivity index (χ3v) is 5.24. The average Bonchev–Trinajstić information content (AvgIpc) is 3.22. The summed E-state index contributed by atoms with van der Waals surface area (Å²) in [5.74, 6) is -1.03. The molecule has 168 valence electrons. The maximum Gasteiger partial charge on any atom is 0.303 e. The first-order chi connectivity index (χ1) is 14.7. The maximum atomic E-state index is 11.8. The standard InChI is InChI=1S/C18H21ClN4O7S/c1-5-31-18-21-15(19)12-16(22-18)23(7-20-12)17-14(29-10(4)26)13(28-9(3)25)11(30-17)6-27-8(2)24/h7,11,13-14,17H,5-6H2,1-4H3/t11-,13-,14-,17-/m1/s1. The van der Waals surface area contributed by atoms with Crippen molar-refractivity contribution in [2.75, 3.05) is 12.4 Å². The van der Waals surface area contributed by atoms with E-state index in [4.69, 9.17) is 30.5 Å². The number of imidazole rings is 1. The fourth-order valence-electron chi connectivity index (χ4n) is 3.16. The molecule has 2 aromatic rings. The maximum absolute atomic E-state index is 11.8. The van der Waals surface area contributed by atoms with Crippen LogP contribution in [0.25, 0.3) is 11.2 Å². The van der Waals surface area contributed by atoms with Gasteiger partial charge in [0, 0.05) is 20.8 Å². The van der Waals surface area contributed by atoms with Crippen LogP contribution in [0.15, 0.2) is 11.5 Å². The van der Waals surface area contributed by atoms with Gasteiger partial charge in [-0.05, 0) is 5.75 Å². The fourth-order valence-corrected chi connectivity index (χ4v) is 3.99. The number of hydrogen-bond acceptors (Lipinski definition) is 11. The Morgan fingerprint density at radius 3 is 2.42 bits per heavy atom. The molecule has 11 nitrogen and oxygen atoms in total. The highest BCUT2D eigenvalue weighted by Crippen LogP contribution is 2.36. The number of aromatic nitrogens is 4. The van der Waals surface area contributed by atoms with E-state index in [2.05, 4.69) is 15.0 Å². The molecule has 1 aliphatic rings. The molecule has 13 heteroatoms. The van der Waals surface area contributed by atoms with Gasteiger partial charge in [-0.1, -0.05) is 30.3 Å². The zero-order valence-electron chi connectivity index (χ0n) is 17.2. The van der Waals surface area contributed by atoms with Gasteiger partial charge in [0.25, 0.3) is 0 Å². The van der Waals surface area contributed by atoms with Gasteiger partial charge in [0.1, 0.15) is 18.2 Å². The molecule has 0 saturated carbocycles. The normalized spacial score (nSPS) is 23.0. The summed E-state index contributed by atoms with van der Waals surface area (Å²) in [6.07, 6.45) is -2.50.